The highest BCUT2D eigenvalue weighted by Gasteiger charge is 2.42. The average molecular weight is 359 g/mol. The minimum Gasteiger partial charge on any atom is -0.449 e. The Balaban J connectivity index is 2.07. The summed E-state index contributed by atoms with van der Waals surface area (Å²) in [5, 5.41) is 21.6. The Morgan fingerprint density at radius 3 is 2.76 bits per heavy atom. The monoisotopic (exact) mass is 359 g/mol. The largest absolute Gasteiger partial charge is 0.449 e. The third kappa shape index (κ3) is 4.53. The fraction of sp³-hybridized carbons (Fsp3) is 0.667. The minimum absolute atomic E-state index is 0.177. The summed E-state index contributed by atoms with van der Waals surface area (Å²) < 4.78 is 24.9. The van der Waals surface area contributed by atoms with Gasteiger partial charge in [0.05, 0.1) is 18.9 Å². The SMILES string of the molecule is CCCCCOC(=O)Nc1nc(=O)n([C@H]2O[C@@H](C)[C@H](O)[C@@H]2O)cc1F. The molecule has 1 aliphatic rings. The van der Waals surface area contributed by atoms with Crippen LogP contribution >= 0.6 is 0 Å². The molecular weight excluding hydrogens is 337 g/mol. The van der Waals surface area contributed by atoms with Crippen molar-refractivity contribution in [2.24, 2.45) is 0 Å². The van der Waals surface area contributed by atoms with E-state index in [9.17, 15) is 24.2 Å². The van der Waals surface area contributed by atoms with Gasteiger partial charge in [0, 0.05) is 0 Å². The number of amides is 1. The number of aliphatic hydroxyl groups is 2. The molecule has 1 saturated heterocycles. The molecule has 1 amide bonds. The number of halogens is 1. The summed E-state index contributed by atoms with van der Waals surface area (Å²) in [6.07, 6.45) is -2.25. The second-order valence-corrected chi connectivity index (χ2v) is 5.81. The molecule has 1 aromatic heterocycles. The van der Waals surface area contributed by atoms with E-state index in [0.29, 0.717) is 6.42 Å². The summed E-state index contributed by atoms with van der Waals surface area (Å²) in [6.45, 7) is 3.68. The highest BCUT2D eigenvalue weighted by molar-refractivity contribution is 5.83. The van der Waals surface area contributed by atoms with Crippen molar-refractivity contribution in [3.63, 3.8) is 0 Å². The number of nitrogens with one attached hydrogen (secondary N) is 1. The van der Waals surface area contributed by atoms with E-state index < -0.39 is 48.0 Å². The maximum atomic E-state index is 14.1. The van der Waals surface area contributed by atoms with Gasteiger partial charge in [-0.1, -0.05) is 19.8 Å². The number of carbonyl (C=O) groups excluding carboxylic acids is 1. The minimum atomic E-state index is -1.41. The van der Waals surface area contributed by atoms with Crippen LogP contribution in [0.1, 0.15) is 39.3 Å². The van der Waals surface area contributed by atoms with Gasteiger partial charge in [0.1, 0.15) is 12.2 Å². The van der Waals surface area contributed by atoms with E-state index in [4.69, 9.17) is 9.47 Å². The first-order chi connectivity index (χ1) is 11.8. The van der Waals surface area contributed by atoms with Gasteiger partial charge in [-0.15, -0.1) is 0 Å². The predicted molar refractivity (Wildman–Crippen MR) is 84.5 cm³/mol. The topological polar surface area (TPSA) is 123 Å². The number of hydrogen-bond donors (Lipinski definition) is 3. The Kier molecular flexibility index (Phi) is 6.45. The third-order valence-electron chi connectivity index (χ3n) is 3.86. The smallest absolute Gasteiger partial charge is 0.412 e. The van der Waals surface area contributed by atoms with E-state index in [1.54, 1.807) is 0 Å². The summed E-state index contributed by atoms with van der Waals surface area (Å²) >= 11 is 0. The fourth-order valence-electron chi connectivity index (χ4n) is 2.42. The van der Waals surface area contributed by atoms with Gasteiger partial charge in [-0.25, -0.2) is 14.0 Å². The Morgan fingerprint density at radius 1 is 1.44 bits per heavy atom. The molecule has 10 heteroatoms. The molecule has 0 bridgehead atoms. The Bertz CT molecular complexity index is 667. The van der Waals surface area contributed by atoms with E-state index in [1.807, 2.05) is 6.92 Å². The van der Waals surface area contributed by atoms with Gasteiger partial charge in [0.15, 0.2) is 17.9 Å². The second kappa shape index (κ2) is 8.37. The average Bonchev–Trinajstić information content (AvgIpc) is 2.82. The molecule has 3 N–H and O–H groups in total. The van der Waals surface area contributed by atoms with E-state index in [0.717, 1.165) is 23.6 Å². The molecule has 0 aliphatic carbocycles. The molecule has 140 valence electrons. The van der Waals surface area contributed by atoms with Gasteiger partial charge in [-0.3, -0.25) is 9.88 Å². The molecular formula is C15H22FN3O6. The van der Waals surface area contributed by atoms with Crippen LogP contribution in [0.15, 0.2) is 11.0 Å². The van der Waals surface area contributed by atoms with Crippen LogP contribution in [-0.2, 0) is 9.47 Å². The summed E-state index contributed by atoms with van der Waals surface area (Å²) in [5.74, 6) is -1.59. The maximum absolute atomic E-state index is 14.1. The van der Waals surface area contributed by atoms with Gasteiger partial charge in [0.25, 0.3) is 0 Å². The second-order valence-electron chi connectivity index (χ2n) is 5.81. The molecule has 1 aromatic rings. The van der Waals surface area contributed by atoms with E-state index >= 15 is 0 Å². The first kappa shape index (κ1) is 19.3. The number of ether oxygens (including phenoxy) is 2. The van der Waals surface area contributed by atoms with Gasteiger partial charge < -0.3 is 19.7 Å². The van der Waals surface area contributed by atoms with Gasteiger partial charge in [-0.2, -0.15) is 4.98 Å². The number of hydrogen-bond acceptors (Lipinski definition) is 7. The number of aromatic nitrogens is 2. The molecule has 0 spiro atoms. The zero-order valence-electron chi connectivity index (χ0n) is 14.0. The number of nitrogens with zero attached hydrogens (tertiary/aromatic N) is 2. The molecule has 1 aliphatic heterocycles. The molecule has 0 radical (unpaired) electrons. The first-order valence-corrected chi connectivity index (χ1v) is 8.09. The number of rotatable bonds is 6. The van der Waals surface area contributed by atoms with Crippen LogP contribution in [0, 0.1) is 5.82 Å². The first-order valence-electron chi connectivity index (χ1n) is 8.09. The van der Waals surface area contributed by atoms with Gasteiger partial charge in [0.2, 0.25) is 0 Å². The van der Waals surface area contributed by atoms with Crippen molar-refractivity contribution >= 4 is 11.9 Å². The lowest BCUT2D eigenvalue weighted by Crippen LogP contribution is -2.36. The Morgan fingerprint density at radius 2 is 2.16 bits per heavy atom. The normalized spacial score (nSPS) is 25.8. The molecule has 0 saturated carbocycles. The van der Waals surface area contributed by atoms with Gasteiger partial charge in [-0.05, 0) is 13.3 Å². The molecule has 4 atom stereocenters. The fourth-order valence-corrected chi connectivity index (χ4v) is 2.42. The zero-order chi connectivity index (χ0) is 18.6. The standard InChI is InChI=1S/C15H22FN3O6/c1-3-4-5-6-24-15(23)18-12-9(16)7-19(14(22)17-12)13-11(21)10(20)8(2)25-13/h7-8,10-11,13,20-21H,3-6H2,1-2H3,(H,17,18,22,23)/t8-,10-,11-,13-/m0/s1. The summed E-state index contributed by atoms with van der Waals surface area (Å²) in [4.78, 5) is 27.0. The molecule has 0 unspecified atom stereocenters. The molecule has 2 heterocycles. The van der Waals surface area contributed by atoms with Crippen LogP contribution in [0.3, 0.4) is 0 Å². The summed E-state index contributed by atoms with van der Waals surface area (Å²) in [5.41, 5.74) is -0.951. The number of anilines is 1. The third-order valence-corrected chi connectivity index (χ3v) is 3.86. The molecule has 2 rings (SSSR count). The summed E-state index contributed by atoms with van der Waals surface area (Å²) in [6, 6.07) is 0. The van der Waals surface area contributed by atoms with E-state index in [-0.39, 0.29) is 6.61 Å². The van der Waals surface area contributed by atoms with Crippen molar-refractivity contribution in [3.8, 4) is 0 Å². The van der Waals surface area contributed by atoms with Crippen LogP contribution in [-0.4, -0.2) is 50.8 Å². The van der Waals surface area contributed by atoms with Crippen molar-refractivity contribution in [1.29, 1.82) is 0 Å². The lowest BCUT2D eigenvalue weighted by molar-refractivity contribution is -0.0355. The quantitative estimate of drug-likeness (QED) is 0.641. The van der Waals surface area contributed by atoms with Crippen LogP contribution in [0.25, 0.3) is 0 Å². The van der Waals surface area contributed by atoms with Crippen molar-refractivity contribution in [2.45, 2.75) is 57.6 Å². The van der Waals surface area contributed by atoms with Crippen molar-refractivity contribution in [1.82, 2.24) is 9.55 Å². The highest BCUT2D eigenvalue weighted by atomic mass is 19.1. The van der Waals surface area contributed by atoms with E-state index in [2.05, 4.69) is 10.3 Å². The van der Waals surface area contributed by atoms with Crippen LogP contribution in [0.2, 0.25) is 0 Å². The zero-order valence-corrected chi connectivity index (χ0v) is 14.0. The Hall–Kier alpha value is -2.04. The molecule has 0 aromatic carbocycles. The van der Waals surface area contributed by atoms with Crippen molar-refractivity contribution < 1.29 is 28.9 Å². The van der Waals surface area contributed by atoms with Crippen molar-refractivity contribution in [3.05, 3.63) is 22.5 Å². The maximum Gasteiger partial charge on any atom is 0.412 e. The predicted octanol–water partition coefficient (Wildman–Crippen LogP) is 0.760. The lowest BCUT2D eigenvalue weighted by atomic mass is 10.1. The highest BCUT2D eigenvalue weighted by Crippen LogP contribution is 2.28. The lowest BCUT2D eigenvalue weighted by Gasteiger charge is -2.17. The van der Waals surface area contributed by atoms with Crippen LogP contribution < -0.4 is 11.0 Å². The van der Waals surface area contributed by atoms with Gasteiger partial charge >= 0.3 is 11.8 Å². The number of carbonyl (C=O) groups is 1. The van der Waals surface area contributed by atoms with E-state index in [1.165, 1.54) is 6.92 Å². The molecule has 9 nitrogen and oxygen atoms in total. The number of unbranched alkanes of at least 4 members (excludes halogenated alkanes) is 2. The van der Waals surface area contributed by atoms with Crippen molar-refractivity contribution in [2.75, 3.05) is 11.9 Å². The summed E-state index contributed by atoms with van der Waals surface area (Å²) in [7, 11) is 0. The Labute approximate surface area is 143 Å². The van der Waals surface area contributed by atoms with Crippen LogP contribution in [0.4, 0.5) is 15.0 Å². The molecule has 1 fully saturated rings. The molecule has 25 heavy (non-hydrogen) atoms. The van der Waals surface area contributed by atoms with Crippen LogP contribution in [0.5, 0.6) is 0 Å². The number of aliphatic hydroxyl groups excluding tert-OH is 2.